The number of pyridine rings is 1. The first-order valence-corrected chi connectivity index (χ1v) is 4.74. The molecule has 0 fully saturated rings. The van der Waals surface area contributed by atoms with Crippen LogP contribution in [-0.4, -0.2) is 11.1 Å². The second-order valence-corrected chi connectivity index (χ2v) is 3.16. The second-order valence-electron chi connectivity index (χ2n) is 3.16. The van der Waals surface area contributed by atoms with Crippen LogP contribution in [0.2, 0.25) is 0 Å². The van der Waals surface area contributed by atoms with E-state index in [4.69, 9.17) is 10.5 Å². The topological polar surface area (TPSA) is 65.2 Å². The van der Waals surface area contributed by atoms with Crippen LogP contribution in [0, 0.1) is 0 Å². The number of hydrogen-bond donors (Lipinski definition) is 1. The Morgan fingerprint density at radius 2 is 1.88 bits per heavy atom. The van der Waals surface area contributed by atoms with Crippen LogP contribution in [-0.2, 0) is 0 Å². The maximum Gasteiger partial charge on any atom is 0.409 e. The predicted octanol–water partition coefficient (Wildman–Crippen LogP) is 2.21. The molecule has 1 heterocycles. The van der Waals surface area contributed by atoms with Crippen LogP contribution in [0.1, 0.15) is 0 Å². The van der Waals surface area contributed by atoms with Crippen molar-refractivity contribution in [3.8, 4) is 17.0 Å². The summed E-state index contributed by atoms with van der Waals surface area (Å²) in [5.41, 5.74) is 6.72. The standard InChI is InChI=1S/C12H10N2O2/c13-12(15)16-10-6-4-9(5-7-10)11-3-1-2-8-14-11/h1-8H,(H2,13,15). The van der Waals surface area contributed by atoms with E-state index < -0.39 is 6.09 Å². The van der Waals surface area contributed by atoms with Crippen LogP contribution in [0.3, 0.4) is 0 Å². The van der Waals surface area contributed by atoms with Crippen LogP contribution in [0.4, 0.5) is 4.79 Å². The lowest BCUT2D eigenvalue weighted by Gasteiger charge is -2.02. The summed E-state index contributed by atoms with van der Waals surface area (Å²) in [6, 6.07) is 12.7. The van der Waals surface area contributed by atoms with Gasteiger partial charge in [0.2, 0.25) is 0 Å². The summed E-state index contributed by atoms with van der Waals surface area (Å²) < 4.78 is 4.72. The van der Waals surface area contributed by atoms with Gasteiger partial charge < -0.3 is 10.5 Å². The van der Waals surface area contributed by atoms with Gasteiger partial charge in [0.05, 0.1) is 5.69 Å². The monoisotopic (exact) mass is 214 g/mol. The van der Waals surface area contributed by atoms with Crippen LogP contribution in [0.25, 0.3) is 11.3 Å². The number of aromatic nitrogens is 1. The lowest BCUT2D eigenvalue weighted by molar-refractivity contribution is 0.211. The highest BCUT2D eigenvalue weighted by molar-refractivity contribution is 5.68. The van der Waals surface area contributed by atoms with Gasteiger partial charge in [0.25, 0.3) is 0 Å². The van der Waals surface area contributed by atoms with Crippen LogP contribution >= 0.6 is 0 Å². The smallest absolute Gasteiger partial charge is 0.409 e. The minimum Gasteiger partial charge on any atom is -0.411 e. The van der Waals surface area contributed by atoms with Crippen molar-refractivity contribution in [2.75, 3.05) is 0 Å². The fraction of sp³-hybridized carbons (Fsp3) is 0. The molecule has 0 aliphatic rings. The molecule has 2 aromatic rings. The van der Waals surface area contributed by atoms with Gasteiger partial charge in [0.15, 0.2) is 0 Å². The first-order chi connectivity index (χ1) is 7.75. The van der Waals surface area contributed by atoms with Gasteiger partial charge in [-0.2, -0.15) is 0 Å². The number of primary amides is 1. The van der Waals surface area contributed by atoms with Gasteiger partial charge in [-0.1, -0.05) is 6.07 Å². The van der Waals surface area contributed by atoms with Gasteiger partial charge in [0, 0.05) is 11.8 Å². The van der Waals surface area contributed by atoms with Crippen molar-refractivity contribution in [2.24, 2.45) is 5.73 Å². The van der Waals surface area contributed by atoms with Crippen molar-refractivity contribution >= 4 is 6.09 Å². The molecule has 2 N–H and O–H groups in total. The molecule has 0 spiro atoms. The van der Waals surface area contributed by atoms with Crippen molar-refractivity contribution in [1.82, 2.24) is 4.98 Å². The summed E-state index contributed by atoms with van der Waals surface area (Å²) in [5, 5.41) is 0. The molecule has 0 saturated heterocycles. The van der Waals surface area contributed by atoms with E-state index in [9.17, 15) is 4.79 Å². The summed E-state index contributed by atoms with van der Waals surface area (Å²) in [4.78, 5) is 14.7. The Balaban J connectivity index is 2.23. The van der Waals surface area contributed by atoms with Crippen molar-refractivity contribution < 1.29 is 9.53 Å². The van der Waals surface area contributed by atoms with Gasteiger partial charge in [-0.05, 0) is 36.4 Å². The summed E-state index contributed by atoms with van der Waals surface area (Å²) >= 11 is 0. The summed E-state index contributed by atoms with van der Waals surface area (Å²) in [6.45, 7) is 0. The molecular formula is C12H10N2O2. The maximum absolute atomic E-state index is 10.5. The van der Waals surface area contributed by atoms with Crippen molar-refractivity contribution in [3.63, 3.8) is 0 Å². The lowest BCUT2D eigenvalue weighted by atomic mass is 10.1. The van der Waals surface area contributed by atoms with Crippen molar-refractivity contribution in [1.29, 1.82) is 0 Å². The predicted molar refractivity (Wildman–Crippen MR) is 59.9 cm³/mol. The summed E-state index contributed by atoms with van der Waals surface area (Å²) in [6.07, 6.45) is 0.911. The molecule has 0 bridgehead atoms. The number of nitrogens with zero attached hydrogens (tertiary/aromatic N) is 1. The molecule has 4 heteroatoms. The van der Waals surface area contributed by atoms with E-state index in [-0.39, 0.29) is 0 Å². The minimum absolute atomic E-state index is 0.423. The Morgan fingerprint density at radius 1 is 1.12 bits per heavy atom. The minimum atomic E-state index is -0.814. The number of hydrogen-bond acceptors (Lipinski definition) is 3. The Hall–Kier alpha value is -2.36. The van der Waals surface area contributed by atoms with Crippen LogP contribution in [0.5, 0.6) is 5.75 Å². The van der Waals surface area contributed by atoms with Crippen LogP contribution in [0.15, 0.2) is 48.7 Å². The molecule has 1 aromatic carbocycles. The van der Waals surface area contributed by atoms with E-state index in [1.165, 1.54) is 0 Å². The first-order valence-electron chi connectivity index (χ1n) is 4.74. The number of rotatable bonds is 2. The third-order valence-corrected chi connectivity index (χ3v) is 2.03. The average Bonchev–Trinajstić information content (AvgIpc) is 2.30. The molecule has 0 radical (unpaired) electrons. The molecule has 4 nitrogen and oxygen atoms in total. The molecule has 2 rings (SSSR count). The second kappa shape index (κ2) is 4.44. The number of benzene rings is 1. The molecule has 0 atom stereocenters. The fourth-order valence-electron chi connectivity index (χ4n) is 1.34. The zero-order valence-electron chi connectivity index (χ0n) is 8.46. The van der Waals surface area contributed by atoms with E-state index in [0.29, 0.717) is 5.75 Å². The molecule has 16 heavy (non-hydrogen) atoms. The fourth-order valence-corrected chi connectivity index (χ4v) is 1.34. The quantitative estimate of drug-likeness (QED) is 0.833. The van der Waals surface area contributed by atoms with E-state index >= 15 is 0 Å². The molecule has 0 saturated carbocycles. The first kappa shape index (κ1) is 10.2. The van der Waals surface area contributed by atoms with E-state index in [1.807, 2.05) is 30.3 Å². The van der Waals surface area contributed by atoms with Crippen molar-refractivity contribution in [3.05, 3.63) is 48.7 Å². The van der Waals surface area contributed by atoms with Gasteiger partial charge in [-0.3, -0.25) is 4.98 Å². The van der Waals surface area contributed by atoms with Gasteiger partial charge in [0.1, 0.15) is 5.75 Å². The molecule has 0 aliphatic heterocycles. The highest BCUT2D eigenvalue weighted by atomic mass is 16.5. The van der Waals surface area contributed by atoms with Gasteiger partial charge in [-0.25, -0.2) is 4.79 Å². The molecule has 1 aromatic heterocycles. The lowest BCUT2D eigenvalue weighted by Crippen LogP contribution is -2.16. The zero-order chi connectivity index (χ0) is 11.4. The van der Waals surface area contributed by atoms with Gasteiger partial charge >= 0.3 is 6.09 Å². The Labute approximate surface area is 92.7 Å². The Morgan fingerprint density at radius 3 is 2.44 bits per heavy atom. The number of amides is 1. The summed E-state index contributed by atoms with van der Waals surface area (Å²) in [5.74, 6) is 0.423. The molecule has 0 unspecified atom stereocenters. The third kappa shape index (κ3) is 2.36. The molecule has 1 amide bonds. The van der Waals surface area contributed by atoms with Crippen molar-refractivity contribution in [2.45, 2.75) is 0 Å². The van der Waals surface area contributed by atoms with E-state index in [2.05, 4.69) is 4.98 Å². The molecule has 80 valence electrons. The molecule has 0 aliphatic carbocycles. The number of carbonyl (C=O) groups is 1. The highest BCUT2D eigenvalue weighted by Crippen LogP contribution is 2.20. The third-order valence-electron chi connectivity index (χ3n) is 2.03. The summed E-state index contributed by atoms with van der Waals surface area (Å²) in [7, 11) is 0. The van der Waals surface area contributed by atoms with Gasteiger partial charge in [-0.15, -0.1) is 0 Å². The number of carbonyl (C=O) groups excluding carboxylic acids is 1. The highest BCUT2D eigenvalue weighted by Gasteiger charge is 2.00. The molecular weight excluding hydrogens is 204 g/mol. The largest absolute Gasteiger partial charge is 0.411 e. The van der Waals surface area contributed by atoms with E-state index in [0.717, 1.165) is 11.3 Å². The number of ether oxygens (including phenoxy) is 1. The average molecular weight is 214 g/mol. The van der Waals surface area contributed by atoms with Crippen LogP contribution < -0.4 is 10.5 Å². The zero-order valence-corrected chi connectivity index (χ0v) is 8.46. The Bertz CT molecular complexity index is 480. The van der Waals surface area contributed by atoms with E-state index in [1.54, 1.807) is 18.3 Å². The maximum atomic E-state index is 10.5. The number of nitrogens with two attached hydrogens (primary N) is 1. The normalized spacial score (nSPS) is 9.75. The SMILES string of the molecule is NC(=O)Oc1ccc(-c2ccccn2)cc1. The Kier molecular flexibility index (Phi) is 2.82.